The first-order chi connectivity index (χ1) is 22.8. The summed E-state index contributed by atoms with van der Waals surface area (Å²) in [4.78, 5) is 15.6. The van der Waals surface area contributed by atoms with Crippen LogP contribution in [0.3, 0.4) is 0 Å². The highest BCUT2D eigenvalue weighted by molar-refractivity contribution is 7.27. The van der Waals surface area contributed by atoms with E-state index in [0.717, 1.165) is 27.5 Å². The Labute approximate surface area is 267 Å². The van der Waals surface area contributed by atoms with Crippen LogP contribution >= 0.6 is 11.3 Å². The van der Waals surface area contributed by atoms with Crippen LogP contribution in [-0.4, -0.2) is 19.5 Å². The van der Waals surface area contributed by atoms with Gasteiger partial charge < -0.3 is 0 Å². The molecule has 7 aromatic carbocycles. The second-order valence-electron chi connectivity index (χ2n) is 11.6. The molecule has 3 heterocycles. The maximum atomic E-state index is 5.26. The van der Waals surface area contributed by atoms with E-state index in [9.17, 15) is 0 Å². The van der Waals surface area contributed by atoms with Gasteiger partial charge in [0.05, 0.1) is 15.7 Å². The molecular formula is C41H24N4S. The molecule has 0 saturated carbocycles. The highest BCUT2D eigenvalue weighted by Gasteiger charge is 2.25. The molecule has 5 heteroatoms. The summed E-state index contributed by atoms with van der Waals surface area (Å²) in [6, 6.07) is 51.1. The van der Waals surface area contributed by atoms with E-state index in [-0.39, 0.29) is 0 Å². The smallest absolute Gasteiger partial charge is 0.238 e. The fourth-order valence-electron chi connectivity index (χ4n) is 7.03. The predicted molar refractivity (Wildman–Crippen MR) is 193 cm³/mol. The molecule has 0 radical (unpaired) electrons. The van der Waals surface area contributed by atoms with Crippen LogP contribution in [0, 0.1) is 0 Å². The number of hydrogen-bond donors (Lipinski definition) is 0. The SMILES string of the molecule is c1ccc(-c2nc(-c3ccccc3)nc(-n3c4c5ccccc5ccc4c4c5ccccc5c5c6ccccc6sc5c43)n2)cc1. The van der Waals surface area contributed by atoms with Crippen molar-refractivity contribution in [3.63, 3.8) is 0 Å². The van der Waals surface area contributed by atoms with Crippen LogP contribution < -0.4 is 0 Å². The third-order valence-electron chi connectivity index (χ3n) is 9.02. The standard InChI is InChI=1S/C41H24N4S/c1-3-14-26(15-4-1)39-42-40(27-16-5-2-6-17-27)44-41(43-39)45-36-28-18-8-7-13-25(28)23-24-32(36)34-29-19-9-10-20-30(29)35-31-21-11-12-22-33(31)46-38(35)37(34)45/h1-24H. The maximum Gasteiger partial charge on any atom is 0.238 e. The van der Waals surface area contributed by atoms with E-state index in [1.807, 2.05) is 47.7 Å². The number of rotatable bonds is 3. The molecule has 214 valence electrons. The average molecular weight is 605 g/mol. The minimum Gasteiger partial charge on any atom is -0.276 e. The molecular weight excluding hydrogens is 581 g/mol. The minimum atomic E-state index is 0.609. The molecule has 0 aliphatic rings. The lowest BCUT2D eigenvalue weighted by atomic mass is 9.98. The molecule has 10 aromatic rings. The average Bonchev–Trinajstić information content (AvgIpc) is 3.70. The molecule has 0 unspecified atom stereocenters. The molecule has 0 atom stereocenters. The maximum absolute atomic E-state index is 5.26. The lowest BCUT2D eigenvalue weighted by Gasteiger charge is -2.12. The number of aromatic nitrogens is 4. The molecule has 0 amide bonds. The Morgan fingerprint density at radius 2 is 0.978 bits per heavy atom. The summed E-state index contributed by atoms with van der Waals surface area (Å²) in [5.41, 5.74) is 4.13. The fourth-order valence-corrected chi connectivity index (χ4v) is 8.29. The van der Waals surface area contributed by atoms with Gasteiger partial charge in [0.1, 0.15) is 0 Å². The molecule has 3 aromatic heterocycles. The zero-order chi connectivity index (χ0) is 30.2. The zero-order valence-corrected chi connectivity index (χ0v) is 25.4. The van der Waals surface area contributed by atoms with Crippen LogP contribution in [-0.2, 0) is 0 Å². The molecule has 0 N–H and O–H groups in total. The van der Waals surface area contributed by atoms with Gasteiger partial charge in [-0.2, -0.15) is 9.97 Å². The highest BCUT2D eigenvalue weighted by Crippen LogP contribution is 2.48. The van der Waals surface area contributed by atoms with Gasteiger partial charge in [0, 0.05) is 42.8 Å². The second-order valence-corrected chi connectivity index (χ2v) is 12.7. The van der Waals surface area contributed by atoms with Crippen molar-refractivity contribution in [3.05, 3.63) is 146 Å². The molecule has 4 nitrogen and oxygen atoms in total. The molecule has 10 rings (SSSR count). The van der Waals surface area contributed by atoms with E-state index in [4.69, 9.17) is 15.0 Å². The van der Waals surface area contributed by atoms with Crippen molar-refractivity contribution in [2.75, 3.05) is 0 Å². The van der Waals surface area contributed by atoms with E-state index in [0.29, 0.717) is 17.6 Å². The van der Waals surface area contributed by atoms with Crippen molar-refractivity contribution < 1.29 is 0 Å². The summed E-state index contributed by atoms with van der Waals surface area (Å²) in [6.07, 6.45) is 0. The first-order valence-electron chi connectivity index (χ1n) is 15.4. The molecule has 46 heavy (non-hydrogen) atoms. The lowest BCUT2D eigenvalue weighted by Crippen LogP contribution is -2.06. The number of nitrogens with zero attached hydrogens (tertiary/aromatic N) is 4. The zero-order valence-electron chi connectivity index (χ0n) is 24.6. The summed E-state index contributed by atoms with van der Waals surface area (Å²) >= 11 is 1.84. The van der Waals surface area contributed by atoms with Gasteiger partial charge in [0.15, 0.2) is 11.6 Å². The van der Waals surface area contributed by atoms with E-state index >= 15 is 0 Å². The molecule has 0 fully saturated rings. The van der Waals surface area contributed by atoms with Gasteiger partial charge in [0.2, 0.25) is 5.95 Å². The van der Waals surface area contributed by atoms with Gasteiger partial charge in [-0.15, -0.1) is 11.3 Å². The Morgan fingerprint density at radius 1 is 0.413 bits per heavy atom. The van der Waals surface area contributed by atoms with Gasteiger partial charge in [-0.1, -0.05) is 140 Å². The van der Waals surface area contributed by atoms with Crippen molar-refractivity contribution in [2.45, 2.75) is 0 Å². The molecule has 0 bridgehead atoms. The third-order valence-corrected chi connectivity index (χ3v) is 10.2. The van der Waals surface area contributed by atoms with Crippen LogP contribution in [0.25, 0.3) is 92.2 Å². The van der Waals surface area contributed by atoms with Crippen molar-refractivity contribution in [1.29, 1.82) is 0 Å². The topological polar surface area (TPSA) is 43.6 Å². The molecule has 0 aliphatic heterocycles. The largest absolute Gasteiger partial charge is 0.276 e. The molecule has 0 aliphatic carbocycles. The summed E-state index contributed by atoms with van der Waals surface area (Å²) in [5, 5.41) is 9.79. The van der Waals surface area contributed by atoms with Crippen LogP contribution in [0.5, 0.6) is 0 Å². The number of benzene rings is 7. The van der Waals surface area contributed by atoms with Crippen LogP contribution in [0.2, 0.25) is 0 Å². The first-order valence-corrected chi connectivity index (χ1v) is 16.2. The van der Waals surface area contributed by atoms with Gasteiger partial charge in [0.25, 0.3) is 0 Å². The molecule has 0 saturated heterocycles. The van der Waals surface area contributed by atoms with Crippen molar-refractivity contribution >= 4 is 74.9 Å². The quantitative estimate of drug-likeness (QED) is 0.201. The summed E-state index contributed by atoms with van der Waals surface area (Å²) in [7, 11) is 0. The van der Waals surface area contributed by atoms with Crippen LogP contribution in [0.15, 0.2) is 146 Å². The third kappa shape index (κ3) is 3.63. The van der Waals surface area contributed by atoms with Crippen molar-refractivity contribution in [1.82, 2.24) is 19.5 Å². The monoisotopic (exact) mass is 604 g/mol. The Bertz CT molecular complexity index is 2740. The van der Waals surface area contributed by atoms with Crippen LogP contribution in [0.4, 0.5) is 0 Å². The summed E-state index contributed by atoms with van der Waals surface area (Å²) in [6.45, 7) is 0. The number of thiophene rings is 1. The van der Waals surface area contributed by atoms with Crippen molar-refractivity contribution in [2.24, 2.45) is 0 Å². The summed E-state index contributed by atoms with van der Waals surface area (Å²) < 4.78 is 4.82. The fraction of sp³-hybridized carbons (Fsp3) is 0. The predicted octanol–water partition coefficient (Wildman–Crippen LogP) is 11.0. The minimum absolute atomic E-state index is 0.609. The van der Waals surface area contributed by atoms with E-state index in [2.05, 4.69) is 114 Å². The van der Waals surface area contributed by atoms with E-state index in [1.165, 1.54) is 47.1 Å². The normalized spacial score (nSPS) is 11.9. The van der Waals surface area contributed by atoms with Crippen molar-refractivity contribution in [3.8, 4) is 28.7 Å². The van der Waals surface area contributed by atoms with E-state index in [1.54, 1.807) is 0 Å². The summed E-state index contributed by atoms with van der Waals surface area (Å²) in [5.74, 6) is 1.90. The Hall–Kier alpha value is -5.91. The van der Waals surface area contributed by atoms with Gasteiger partial charge >= 0.3 is 0 Å². The highest BCUT2D eigenvalue weighted by atomic mass is 32.1. The van der Waals surface area contributed by atoms with Gasteiger partial charge in [-0.25, -0.2) is 4.98 Å². The Balaban J connectivity index is 1.47. The number of fused-ring (bicyclic) bond motifs is 12. The molecule has 0 spiro atoms. The number of hydrogen-bond acceptors (Lipinski definition) is 4. The lowest BCUT2D eigenvalue weighted by molar-refractivity contribution is 0.957. The Kier molecular flexibility index (Phi) is 5.41. The van der Waals surface area contributed by atoms with Gasteiger partial charge in [-0.05, 0) is 22.2 Å². The second kappa shape index (κ2) is 9.80. The van der Waals surface area contributed by atoms with Crippen LogP contribution in [0.1, 0.15) is 0 Å². The Morgan fingerprint density at radius 3 is 1.67 bits per heavy atom. The van der Waals surface area contributed by atoms with Gasteiger partial charge in [-0.3, -0.25) is 4.57 Å². The first kappa shape index (κ1) is 25.4. The van der Waals surface area contributed by atoms with E-state index < -0.39 is 0 Å².